The molecule has 0 aliphatic heterocycles. The highest BCUT2D eigenvalue weighted by Crippen LogP contribution is 2.58. The second kappa shape index (κ2) is 3.09. The van der Waals surface area contributed by atoms with Gasteiger partial charge in [0, 0.05) is 5.41 Å². The molecule has 1 heteroatoms. The van der Waals surface area contributed by atoms with Crippen LogP contribution in [0.4, 0.5) is 0 Å². The Bertz CT molecular complexity index is 324. The lowest BCUT2D eigenvalue weighted by Gasteiger charge is -2.34. The van der Waals surface area contributed by atoms with Gasteiger partial charge in [-0.3, -0.25) is 0 Å². The van der Waals surface area contributed by atoms with E-state index in [1.165, 1.54) is 17.6 Å². The van der Waals surface area contributed by atoms with Crippen LogP contribution in [-0.2, 0) is 0 Å². The molecule has 0 saturated heterocycles. The fourth-order valence-electron chi connectivity index (χ4n) is 2.90. The Morgan fingerprint density at radius 3 is 2.93 bits per heavy atom. The number of aliphatic hydroxyl groups is 1. The number of rotatable bonds is 2. The number of fused-ring (bicyclic) bond motifs is 2. The molecule has 1 nitrogen and oxygen atoms in total. The molecule has 76 valence electrons. The van der Waals surface area contributed by atoms with Gasteiger partial charge < -0.3 is 5.11 Å². The first kappa shape index (κ1) is 9.72. The third-order valence-electron chi connectivity index (χ3n) is 4.16. The summed E-state index contributed by atoms with van der Waals surface area (Å²) in [4.78, 5) is 0. The van der Waals surface area contributed by atoms with Crippen LogP contribution in [0.2, 0.25) is 0 Å². The van der Waals surface area contributed by atoms with Gasteiger partial charge in [-0.2, -0.15) is 0 Å². The van der Waals surface area contributed by atoms with Gasteiger partial charge in [0.25, 0.3) is 0 Å². The highest BCUT2D eigenvalue weighted by Gasteiger charge is 2.48. The van der Waals surface area contributed by atoms with Gasteiger partial charge in [0.1, 0.15) is 0 Å². The maximum Gasteiger partial charge on any atom is 0.0615 e. The van der Waals surface area contributed by atoms with Crippen LogP contribution < -0.4 is 0 Å². The maximum atomic E-state index is 8.94. The van der Waals surface area contributed by atoms with Gasteiger partial charge in [0.15, 0.2) is 0 Å². The van der Waals surface area contributed by atoms with Crippen molar-refractivity contribution in [2.75, 3.05) is 6.61 Å². The zero-order valence-electron chi connectivity index (χ0n) is 8.96. The van der Waals surface area contributed by atoms with Crippen molar-refractivity contribution in [2.45, 2.75) is 20.3 Å². The van der Waals surface area contributed by atoms with Crippen LogP contribution in [0, 0.1) is 17.3 Å². The molecular weight excluding hydrogens is 172 g/mol. The zero-order chi connectivity index (χ0) is 10.3. The molecule has 1 saturated carbocycles. The molecule has 3 unspecified atom stereocenters. The normalized spacial score (nSPS) is 41.1. The van der Waals surface area contributed by atoms with Crippen molar-refractivity contribution in [3.63, 3.8) is 0 Å². The number of allylic oxidation sites excluding steroid dienone is 4. The van der Waals surface area contributed by atoms with Crippen LogP contribution in [0.15, 0.2) is 36.0 Å². The first-order valence-corrected chi connectivity index (χ1v) is 5.26. The van der Waals surface area contributed by atoms with E-state index in [4.69, 9.17) is 5.11 Å². The Kier molecular flexibility index (Phi) is 2.15. The van der Waals surface area contributed by atoms with Gasteiger partial charge in [0.2, 0.25) is 0 Å². The molecule has 3 atom stereocenters. The van der Waals surface area contributed by atoms with Crippen LogP contribution in [0.3, 0.4) is 0 Å². The van der Waals surface area contributed by atoms with E-state index < -0.39 is 0 Å². The molecule has 2 rings (SSSR count). The second-order valence-electron chi connectivity index (χ2n) is 4.63. The molecule has 0 radical (unpaired) electrons. The molecule has 0 aromatic carbocycles. The number of aliphatic hydroxyl groups excluding tert-OH is 1. The Morgan fingerprint density at radius 2 is 2.43 bits per heavy atom. The number of hydrogen-bond acceptors (Lipinski definition) is 1. The molecule has 2 bridgehead atoms. The number of hydrogen-bond donors (Lipinski definition) is 1. The standard InChI is InChI=1S/C13H18O/c1-9(6-7-14)13(3)10(2)11-4-5-12(13)8-11/h4-6,11-12,14H,2,7-8H2,1,3H3. The Balaban J connectivity index is 2.37. The first-order valence-electron chi connectivity index (χ1n) is 5.26. The predicted octanol–water partition coefficient (Wildman–Crippen LogP) is 2.69. The SMILES string of the molecule is C=C1C2C=CC(C2)C1(C)C(C)=CCO. The third kappa shape index (κ3) is 1.05. The van der Waals surface area contributed by atoms with E-state index >= 15 is 0 Å². The van der Waals surface area contributed by atoms with Crippen molar-refractivity contribution in [3.8, 4) is 0 Å². The fraction of sp³-hybridized carbons (Fsp3) is 0.538. The van der Waals surface area contributed by atoms with E-state index in [1.54, 1.807) is 0 Å². The Hall–Kier alpha value is -0.820. The van der Waals surface area contributed by atoms with E-state index in [-0.39, 0.29) is 12.0 Å². The van der Waals surface area contributed by atoms with Gasteiger partial charge in [-0.15, -0.1) is 0 Å². The quantitative estimate of drug-likeness (QED) is 0.664. The first-order chi connectivity index (χ1) is 6.60. The highest BCUT2D eigenvalue weighted by atomic mass is 16.2. The van der Waals surface area contributed by atoms with Crippen LogP contribution >= 0.6 is 0 Å². The molecule has 0 heterocycles. The van der Waals surface area contributed by atoms with Crippen LogP contribution in [-0.4, -0.2) is 11.7 Å². The minimum absolute atomic E-state index is 0.0994. The summed E-state index contributed by atoms with van der Waals surface area (Å²) < 4.78 is 0. The second-order valence-corrected chi connectivity index (χ2v) is 4.63. The van der Waals surface area contributed by atoms with Crippen molar-refractivity contribution in [3.05, 3.63) is 36.0 Å². The molecule has 2 aliphatic carbocycles. The molecule has 1 N–H and O–H groups in total. The van der Waals surface area contributed by atoms with Crippen molar-refractivity contribution in [1.29, 1.82) is 0 Å². The van der Waals surface area contributed by atoms with Gasteiger partial charge in [-0.1, -0.05) is 42.9 Å². The lowest BCUT2D eigenvalue weighted by Crippen LogP contribution is -2.25. The van der Waals surface area contributed by atoms with Gasteiger partial charge in [-0.05, 0) is 25.2 Å². The minimum Gasteiger partial charge on any atom is -0.392 e. The van der Waals surface area contributed by atoms with E-state index in [2.05, 4.69) is 32.6 Å². The topological polar surface area (TPSA) is 20.2 Å². The van der Waals surface area contributed by atoms with Gasteiger partial charge in [0.05, 0.1) is 6.61 Å². The Labute approximate surface area is 85.8 Å². The smallest absolute Gasteiger partial charge is 0.0615 e. The summed E-state index contributed by atoms with van der Waals surface area (Å²) in [5.74, 6) is 1.18. The van der Waals surface area contributed by atoms with Crippen LogP contribution in [0.5, 0.6) is 0 Å². The van der Waals surface area contributed by atoms with Crippen LogP contribution in [0.25, 0.3) is 0 Å². The van der Waals surface area contributed by atoms with E-state index in [9.17, 15) is 0 Å². The largest absolute Gasteiger partial charge is 0.392 e. The van der Waals surface area contributed by atoms with E-state index in [1.807, 2.05) is 6.08 Å². The average molecular weight is 190 g/mol. The van der Waals surface area contributed by atoms with E-state index in [0.717, 1.165) is 0 Å². The summed E-state index contributed by atoms with van der Waals surface area (Å²) in [5.41, 5.74) is 2.69. The zero-order valence-corrected chi connectivity index (χ0v) is 8.96. The minimum atomic E-state index is 0.0994. The molecule has 14 heavy (non-hydrogen) atoms. The predicted molar refractivity (Wildman–Crippen MR) is 58.8 cm³/mol. The summed E-state index contributed by atoms with van der Waals surface area (Å²) in [6.45, 7) is 8.72. The summed E-state index contributed by atoms with van der Waals surface area (Å²) in [6, 6.07) is 0. The van der Waals surface area contributed by atoms with Gasteiger partial charge >= 0.3 is 0 Å². The van der Waals surface area contributed by atoms with Crippen molar-refractivity contribution in [1.82, 2.24) is 0 Å². The maximum absolute atomic E-state index is 8.94. The van der Waals surface area contributed by atoms with Crippen molar-refractivity contribution < 1.29 is 5.11 Å². The molecule has 2 aliphatic rings. The summed E-state index contributed by atoms with van der Waals surface area (Å²) >= 11 is 0. The molecule has 0 aromatic heterocycles. The van der Waals surface area contributed by atoms with Gasteiger partial charge in [-0.25, -0.2) is 0 Å². The van der Waals surface area contributed by atoms with Crippen molar-refractivity contribution >= 4 is 0 Å². The summed E-state index contributed by atoms with van der Waals surface area (Å²) in [7, 11) is 0. The lowest BCUT2D eigenvalue weighted by atomic mass is 9.69. The molecule has 1 fully saturated rings. The van der Waals surface area contributed by atoms with Crippen LogP contribution in [0.1, 0.15) is 20.3 Å². The fourth-order valence-corrected chi connectivity index (χ4v) is 2.90. The Morgan fingerprint density at radius 1 is 1.71 bits per heavy atom. The average Bonchev–Trinajstić information content (AvgIpc) is 2.71. The monoisotopic (exact) mass is 190 g/mol. The summed E-state index contributed by atoms with van der Waals surface area (Å²) in [5, 5.41) is 8.94. The molecule has 0 amide bonds. The molecule has 0 spiro atoms. The molecular formula is C13H18O. The lowest BCUT2D eigenvalue weighted by molar-refractivity contribution is 0.333. The third-order valence-corrected chi connectivity index (χ3v) is 4.16. The summed E-state index contributed by atoms with van der Waals surface area (Å²) in [6.07, 6.45) is 7.72. The van der Waals surface area contributed by atoms with E-state index in [0.29, 0.717) is 11.8 Å². The highest BCUT2D eigenvalue weighted by molar-refractivity contribution is 5.41. The van der Waals surface area contributed by atoms with Crippen molar-refractivity contribution in [2.24, 2.45) is 17.3 Å². The molecule has 0 aromatic rings.